The predicted octanol–water partition coefficient (Wildman–Crippen LogP) is 3.65. The van der Waals surface area contributed by atoms with E-state index in [9.17, 15) is 10.1 Å². The lowest BCUT2D eigenvalue weighted by Gasteiger charge is -2.11. The van der Waals surface area contributed by atoms with Gasteiger partial charge in [-0.3, -0.25) is 4.79 Å². The van der Waals surface area contributed by atoms with Gasteiger partial charge in [-0.2, -0.15) is 16.6 Å². The summed E-state index contributed by atoms with van der Waals surface area (Å²) in [5.41, 5.74) is 2.60. The Kier molecular flexibility index (Phi) is 3.77. The maximum atomic E-state index is 12.2. The first-order valence-electron chi connectivity index (χ1n) is 6.58. The molecule has 4 nitrogen and oxygen atoms in total. The Morgan fingerprint density at radius 2 is 2.05 bits per heavy atom. The summed E-state index contributed by atoms with van der Waals surface area (Å²) in [6.45, 7) is 0. The maximum Gasteiger partial charge on any atom is 0.266 e. The van der Waals surface area contributed by atoms with Crippen molar-refractivity contribution in [1.29, 1.82) is 5.26 Å². The average molecular weight is 308 g/mol. The van der Waals surface area contributed by atoms with E-state index in [0.29, 0.717) is 17.0 Å². The zero-order valence-electron chi connectivity index (χ0n) is 11.8. The Morgan fingerprint density at radius 1 is 1.23 bits per heavy atom. The molecule has 2 aromatic heterocycles. The van der Waals surface area contributed by atoms with Crippen LogP contribution in [0.4, 0.5) is 0 Å². The van der Waals surface area contributed by atoms with Crippen molar-refractivity contribution in [2.45, 2.75) is 0 Å². The molecule has 0 atom stereocenters. The Hall–Kier alpha value is -2.84. The number of pyridine rings is 1. The highest BCUT2D eigenvalue weighted by Gasteiger charge is 2.15. The van der Waals surface area contributed by atoms with E-state index in [4.69, 9.17) is 4.74 Å². The fourth-order valence-electron chi connectivity index (χ4n) is 2.32. The molecule has 3 aromatic rings. The zero-order valence-corrected chi connectivity index (χ0v) is 12.6. The minimum absolute atomic E-state index is 0.0866. The number of H-pyrrole nitrogens is 1. The third-order valence-electron chi connectivity index (χ3n) is 3.37. The van der Waals surface area contributed by atoms with Crippen molar-refractivity contribution in [2.75, 3.05) is 7.11 Å². The topological polar surface area (TPSA) is 65.9 Å². The molecule has 2 heterocycles. The van der Waals surface area contributed by atoms with Gasteiger partial charge in [0, 0.05) is 27.8 Å². The number of para-hydroxylation sites is 1. The van der Waals surface area contributed by atoms with Crippen molar-refractivity contribution in [1.82, 2.24) is 4.98 Å². The Bertz CT molecular complexity index is 905. The van der Waals surface area contributed by atoms with Gasteiger partial charge < -0.3 is 9.72 Å². The van der Waals surface area contributed by atoms with Crippen LogP contribution in [0.2, 0.25) is 0 Å². The van der Waals surface area contributed by atoms with Crippen molar-refractivity contribution in [3.63, 3.8) is 0 Å². The van der Waals surface area contributed by atoms with E-state index < -0.39 is 5.56 Å². The summed E-state index contributed by atoms with van der Waals surface area (Å²) < 4.78 is 5.35. The summed E-state index contributed by atoms with van der Waals surface area (Å²) in [6.07, 6.45) is 0. The van der Waals surface area contributed by atoms with Crippen molar-refractivity contribution in [3.05, 3.63) is 63.1 Å². The van der Waals surface area contributed by atoms with E-state index in [0.717, 1.165) is 11.1 Å². The van der Waals surface area contributed by atoms with E-state index >= 15 is 0 Å². The molecule has 0 aliphatic carbocycles. The molecule has 22 heavy (non-hydrogen) atoms. The van der Waals surface area contributed by atoms with Gasteiger partial charge in [0.25, 0.3) is 5.56 Å². The van der Waals surface area contributed by atoms with E-state index in [1.54, 1.807) is 18.4 Å². The number of benzene rings is 1. The molecule has 0 spiro atoms. The lowest BCUT2D eigenvalue weighted by molar-refractivity contribution is 0.416. The number of nitrogens with zero attached hydrogens (tertiary/aromatic N) is 1. The van der Waals surface area contributed by atoms with Crippen LogP contribution in [0.15, 0.2) is 52.0 Å². The second-order valence-corrected chi connectivity index (χ2v) is 5.40. The molecule has 0 bridgehead atoms. The summed E-state index contributed by atoms with van der Waals surface area (Å²) in [5.74, 6) is 0.626. The molecular formula is C17H12N2O2S. The van der Waals surface area contributed by atoms with Gasteiger partial charge in [-0.15, -0.1) is 0 Å². The van der Waals surface area contributed by atoms with Gasteiger partial charge in [0.1, 0.15) is 17.4 Å². The number of rotatable bonds is 3. The summed E-state index contributed by atoms with van der Waals surface area (Å²) in [7, 11) is 1.57. The molecule has 0 unspecified atom stereocenters. The van der Waals surface area contributed by atoms with E-state index in [1.807, 2.05) is 53.2 Å². The van der Waals surface area contributed by atoms with Crippen LogP contribution in [0.25, 0.3) is 22.4 Å². The van der Waals surface area contributed by atoms with Gasteiger partial charge >= 0.3 is 0 Å². The third kappa shape index (κ3) is 2.41. The fraction of sp³-hybridized carbons (Fsp3) is 0.0588. The molecule has 3 rings (SSSR count). The standard InChI is InChI=1S/C17H12N2O2S/c1-21-16-5-3-2-4-12(16)13-8-15(11-6-7-22-10-11)19-17(20)14(13)9-18/h2-8,10H,1H3,(H,19,20). The summed E-state index contributed by atoms with van der Waals surface area (Å²) in [5, 5.41) is 13.2. The van der Waals surface area contributed by atoms with E-state index in [-0.39, 0.29) is 5.56 Å². The largest absolute Gasteiger partial charge is 0.496 e. The number of nitriles is 1. The van der Waals surface area contributed by atoms with Crippen LogP contribution in [0, 0.1) is 11.3 Å². The number of nitrogens with one attached hydrogen (secondary N) is 1. The monoisotopic (exact) mass is 308 g/mol. The van der Waals surface area contributed by atoms with Crippen LogP contribution in [0.5, 0.6) is 5.75 Å². The van der Waals surface area contributed by atoms with Crippen LogP contribution in [0.1, 0.15) is 5.56 Å². The van der Waals surface area contributed by atoms with Crippen molar-refractivity contribution in [2.24, 2.45) is 0 Å². The van der Waals surface area contributed by atoms with Gasteiger partial charge in [-0.05, 0) is 23.6 Å². The SMILES string of the molecule is COc1ccccc1-c1cc(-c2ccsc2)[nH]c(=O)c1C#N. The lowest BCUT2D eigenvalue weighted by atomic mass is 9.99. The van der Waals surface area contributed by atoms with Gasteiger partial charge in [-0.25, -0.2) is 0 Å². The quantitative estimate of drug-likeness (QED) is 0.803. The smallest absolute Gasteiger partial charge is 0.266 e. The molecule has 0 fully saturated rings. The highest BCUT2D eigenvalue weighted by atomic mass is 32.1. The molecular weight excluding hydrogens is 296 g/mol. The first-order valence-corrected chi connectivity index (χ1v) is 7.52. The lowest BCUT2D eigenvalue weighted by Crippen LogP contribution is -2.12. The average Bonchev–Trinajstić information content (AvgIpc) is 3.08. The highest BCUT2D eigenvalue weighted by Crippen LogP contribution is 2.33. The summed E-state index contributed by atoms with van der Waals surface area (Å²) in [4.78, 5) is 15.0. The van der Waals surface area contributed by atoms with Gasteiger partial charge in [0.15, 0.2) is 0 Å². The van der Waals surface area contributed by atoms with E-state index in [1.165, 1.54) is 0 Å². The molecule has 1 aromatic carbocycles. The molecule has 5 heteroatoms. The number of thiophene rings is 1. The van der Waals surface area contributed by atoms with Crippen LogP contribution >= 0.6 is 11.3 Å². The fourth-order valence-corrected chi connectivity index (χ4v) is 2.98. The van der Waals surface area contributed by atoms with Crippen LogP contribution in [-0.2, 0) is 0 Å². The second kappa shape index (κ2) is 5.88. The predicted molar refractivity (Wildman–Crippen MR) is 87.1 cm³/mol. The molecule has 0 saturated heterocycles. The van der Waals surface area contributed by atoms with Crippen LogP contribution < -0.4 is 10.3 Å². The van der Waals surface area contributed by atoms with Gasteiger partial charge in [-0.1, -0.05) is 18.2 Å². The third-order valence-corrected chi connectivity index (χ3v) is 4.06. The molecule has 1 N–H and O–H groups in total. The minimum Gasteiger partial charge on any atom is -0.496 e. The minimum atomic E-state index is -0.396. The molecule has 108 valence electrons. The maximum absolute atomic E-state index is 12.2. The number of hydrogen-bond acceptors (Lipinski definition) is 4. The summed E-state index contributed by atoms with van der Waals surface area (Å²) >= 11 is 1.55. The Labute approximate surface area is 131 Å². The normalized spacial score (nSPS) is 10.2. The second-order valence-electron chi connectivity index (χ2n) is 4.62. The van der Waals surface area contributed by atoms with Crippen LogP contribution in [-0.4, -0.2) is 12.1 Å². The van der Waals surface area contributed by atoms with Gasteiger partial charge in [0.05, 0.1) is 7.11 Å². The number of hydrogen-bond donors (Lipinski definition) is 1. The first kappa shape index (κ1) is 14.1. The number of aromatic nitrogens is 1. The van der Waals surface area contributed by atoms with Crippen LogP contribution in [0.3, 0.4) is 0 Å². The Morgan fingerprint density at radius 3 is 2.73 bits per heavy atom. The zero-order chi connectivity index (χ0) is 15.5. The number of aromatic amines is 1. The molecule has 0 amide bonds. The molecule has 0 radical (unpaired) electrons. The molecule has 0 saturated carbocycles. The number of ether oxygens (including phenoxy) is 1. The van der Waals surface area contributed by atoms with E-state index in [2.05, 4.69) is 4.98 Å². The van der Waals surface area contributed by atoms with Gasteiger partial charge in [0.2, 0.25) is 0 Å². The summed E-state index contributed by atoms with van der Waals surface area (Å²) in [6, 6.07) is 13.1. The van der Waals surface area contributed by atoms with Crippen molar-refractivity contribution < 1.29 is 4.74 Å². The molecule has 0 aliphatic heterocycles. The van der Waals surface area contributed by atoms with Crippen molar-refractivity contribution in [3.8, 4) is 34.2 Å². The highest BCUT2D eigenvalue weighted by molar-refractivity contribution is 7.08. The Balaban J connectivity index is 2.30. The number of methoxy groups -OCH3 is 1. The van der Waals surface area contributed by atoms with Crippen molar-refractivity contribution >= 4 is 11.3 Å². The molecule has 0 aliphatic rings. The first-order chi connectivity index (χ1) is 10.7.